The molecule has 0 aliphatic carbocycles. The molecule has 0 fully saturated rings. The molecule has 4 rings (SSSR count). The Balaban J connectivity index is 1.75. The van der Waals surface area contributed by atoms with Gasteiger partial charge in [0.25, 0.3) is 5.56 Å². The van der Waals surface area contributed by atoms with Crippen molar-refractivity contribution < 1.29 is 9.90 Å². The molecule has 0 radical (unpaired) electrons. The largest absolute Gasteiger partial charge is 0.494 e. The number of aromatic nitrogens is 2. The van der Waals surface area contributed by atoms with Crippen molar-refractivity contribution in [3.8, 4) is 5.88 Å². The molecule has 0 saturated carbocycles. The minimum atomic E-state index is -0.731. The van der Waals surface area contributed by atoms with Gasteiger partial charge in [0.1, 0.15) is 5.56 Å². The standard InChI is InChI=1S/C26H28N4O4/c1-4-22(31)30-21(19-12-10-18(11-13-19)16(2)3)14-20(28-30)23-24(32)27-26(34)29(25(23)33)15-17-8-6-5-7-9-17/h5-13,16,21,33H,4,14-15H2,1-3H3,(H,27,32,34)/t21-/m0/s1. The first kappa shape index (κ1) is 23.2. The van der Waals surface area contributed by atoms with Gasteiger partial charge in [0, 0.05) is 12.8 Å². The van der Waals surface area contributed by atoms with Gasteiger partial charge in [-0.05, 0) is 22.6 Å². The molecule has 1 atom stereocenters. The van der Waals surface area contributed by atoms with Crippen molar-refractivity contribution in [1.29, 1.82) is 0 Å². The molecule has 0 unspecified atom stereocenters. The van der Waals surface area contributed by atoms with Crippen LogP contribution in [-0.4, -0.2) is 31.3 Å². The van der Waals surface area contributed by atoms with Gasteiger partial charge in [-0.15, -0.1) is 0 Å². The lowest BCUT2D eigenvalue weighted by Gasteiger charge is -2.22. The molecular formula is C26H28N4O4. The van der Waals surface area contributed by atoms with Crippen LogP contribution in [0.3, 0.4) is 0 Å². The van der Waals surface area contributed by atoms with Crippen LogP contribution in [0.15, 0.2) is 69.3 Å². The van der Waals surface area contributed by atoms with Gasteiger partial charge in [-0.2, -0.15) is 5.10 Å². The summed E-state index contributed by atoms with van der Waals surface area (Å²) >= 11 is 0. The summed E-state index contributed by atoms with van der Waals surface area (Å²) in [4.78, 5) is 40.2. The van der Waals surface area contributed by atoms with Gasteiger partial charge in [-0.25, -0.2) is 9.80 Å². The first-order chi connectivity index (χ1) is 16.3. The van der Waals surface area contributed by atoms with E-state index in [2.05, 4.69) is 23.9 Å². The topological polar surface area (TPSA) is 108 Å². The van der Waals surface area contributed by atoms with E-state index in [1.807, 2.05) is 54.6 Å². The van der Waals surface area contributed by atoms with Crippen molar-refractivity contribution in [1.82, 2.24) is 14.6 Å². The van der Waals surface area contributed by atoms with Crippen molar-refractivity contribution in [2.24, 2.45) is 5.10 Å². The SMILES string of the molecule is CCC(=O)N1N=C(c2c(O)n(Cc3ccccc3)c(=O)[nH]c2=O)C[C@H]1c1ccc(C(C)C)cc1. The zero-order chi connectivity index (χ0) is 24.4. The second-order valence-corrected chi connectivity index (χ2v) is 8.71. The Bertz CT molecular complexity index is 1340. The molecule has 34 heavy (non-hydrogen) atoms. The highest BCUT2D eigenvalue weighted by atomic mass is 16.3. The van der Waals surface area contributed by atoms with Crippen molar-refractivity contribution in [3.05, 3.63) is 97.7 Å². The number of amides is 1. The molecule has 2 heterocycles. The molecule has 1 amide bonds. The predicted octanol–water partition coefficient (Wildman–Crippen LogP) is 3.50. The van der Waals surface area contributed by atoms with Crippen LogP contribution in [0.5, 0.6) is 5.88 Å². The number of nitrogens with one attached hydrogen (secondary N) is 1. The normalized spacial score (nSPS) is 15.6. The number of hydrogen-bond donors (Lipinski definition) is 2. The Hall–Kier alpha value is -3.94. The van der Waals surface area contributed by atoms with Crippen LogP contribution in [-0.2, 0) is 11.3 Å². The monoisotopic (exact) mass is 460 g/mol. The average Bonchev–Trinajstić information content (AvgIpc) is 3.26. The van der Waals surface area contributed by atoms with Gasteiger partial charge < -0.3 is 5.11 Å². The number of aromatic amines is 1. The van der Waals surface area contributed by atoms with Crippen molar-refractivity contribution in [2.45, 2.75) is 52.1 Å². The van der Waals surface area contributed by atoms with E-state index in [1.54, 1.807) is 6.92 Å². The molecular weight excluding hydrogens is 432 g/mol. The van der Waals surface area contributed by atoms with E-state index < -0.39 is 23.2 Å². The number of carbonyl (C=O) groups is 1. The van der Waals surface area contributed by atoms with Gasteiger partial charge in [-0.1, -0.05) is 75.4 Å². The van der Waals surface area contributed by atoms with E-state index in [4.69, 9.17) is 0 Å². The van der Waals surface area contributed by atoms with Gasteiger partial charge in [0.15, 0.2) is 0 Å². The summed E-state index contributed by atoms with van der Waals surface area (Å²) in [6, 6.07) is 16.7. The number of benzene rings is 2. The summed E-state index contributed by atoms with van der Waals surface area (Å²) in [5.41, 5.74) is 1.58. The number of nitrogens with zero attached hydrogens (tertiary/aromatic N) is 3. The second kappa shape index (κ2) is 9.51. The van der Waals surface area contributed by atoms with Crippen molar-refractivity contribution >= 4 is 11.6 Å². The number of hydrazone groups is 1. The number of rotatable bonds is 6. The first-order valence-corrected chi connectivity index (χ1v) is 11.4. The first-order valence-electron chi connectivity index (χ1n) is 11.4. The Morgan fingerprint density at radius 3 is 2.41 bits per heavy atom. The molecule has 176 valence electrons. The third kappa shape index (κ3) is 4.44. The highest BCUT2D eigenvalue weighted by Crippen LogP contribution is 2.34. The Kier molecular flexibility index (Phi) is 6.49. The highest BCUT2D eigenvalue weighted by molar-refractivity contribution is 6.04. The van der Waals surface area contributed by atoms with Crippen LogP contribution in [0.1, 0.15) is 67.8 Å². The van der Waals surface area contributed by atoms with E-state index in [9.17, 15) is 19.5 Å². The molecule has 1 aliphatic heterocycles. The maximum atomic E-state index is 12.7. The van der Waals surface area contributed by atoms with Gasteiger partial charge in [0.05, 0.1) is 18.3 Å². The molecule has 0 bridgehead atoms. The van der Waals surface area contributed by atoms with E-state index in [0.29, 0.717) is 5.92 Å². The maximum absolute atomic E-state index is 12.7. The molecule has 1 aromatic heterocycles. The number of H-pyrrole nitrogens is 1. The van der Waals surface area contributed by atoms with E-state index in [-0.39, 0.29) is 36.6 Å². The minimum absolute atomic E-state index is 0.0836. The third-order valence-corrected chi connectivity index (χ3v) is 6.10. The van der Waals surface area contributed by atoms with Crippen molar-refractivity contribution in [3.63, 3.8) is 0 Å². The summed E-state index contributed by atoms with van der Waals surface area (Å²) in [6.07, 6.45) is 0.486. The molecule has 8 nitrogen and oxygen atoms in total. The lowest BCUT2D eigenvalue weighted by molar-refractivity contribution is -0.132. The third-order valence-electron chi connectivity index (χ3n) is 6.10. The summed E-state index contributed by atoms with van der Waals surface area (Å²) in [6.45, 7) is 6.05. The molecule has 8 heteroatoms. The molecule has 0 saturated heterocycles. The highest BCUT2D eigenvalue weighted by Gasteiger charge is 2.35. The Labute approximate surface area is 197 Å². The molecule has 0 spiro atoms. The van der Waals surface area contributed by atoms with Gasteiger partial charge in [-0.3, -0.25) is 19.1 Å². The van der Waals surface area contributed by atoms with Crippen LogP contribution < -0.4 is 11.2 Å². The predicted molar refractivity (Wildman–Crippen MR) is 130 cm³/mol. The number of hydrogen-bond acceptors (Lipinski definition) is 5. The molecule has 3 aromatic rings. The quantitative estimate of drug-likeness (QED) is 0.587. The van der Waals surface area contributed by atoms with Crippen LogP contribution in [0.25, 0.3) is 0 Å². The summed E-state index contributed by atoms with van der Waals surface area (Å²) in [5.74, 6) is -0.281. The Morgan fingerprint density at radius 2 is 1.79 bits per heavy atom. The summed E-state index contributed by atoms with van der Waals surface area (Å²) in [5, 5.41) is 16.8. The Morgan fingerprint density at radius 1 is 1.12 bits per heavy atom. The van der Waals surface area contributed by atoms with Crippen LogP contribution in [0.4, 0.5) is 0 Å². The molecule has 2 aromatic carbocycles. The molecule has 2 N–H and O–H groups in total. The van der Waals surface area contributed by atoms with Crippen LogP contribution in [0, 0.1) is 0 Å². The molecule has 1 aliphatic rings. The smallest absolute Gasteiger partial charge is 0.331 e. The fourth-order valence-electron chi connectivity index (χ4n) is 4.15. The van der Waals surface area contributed by atoms with E-state index in [0.717, 1.165) is 15.7 Å². The zero-order valence-electron chi connectivity index (χ0n) is 19.5. The minimum Gasteiger partial charge on any atom is -0.494 e. The van der Waals surface area contributed by atoms with E-state index in [1.165, 1.54) is 10.6 Å². The van der Waals surface area contributed by atoms with Crippen LogP contribution in [0.2, 0.25) is 0 Å². The van der Waals surface area contributed by atoms with Gasteiger partial charge in [0.2, 0.25) is 11.8 Å². The zero-order valence-corrected chi connectivity index (χ0v) is 19.5. The summed E-state index contributed by atoms with van der Waals surface area (Å²) < 4.78 is 1.10. The van der Waals surface area contributed by atoms with E-state index >= 15 is 0 Å². The van der Waals surface area contributed by atoms with Gasteiger partial charge >= 0.3 is 5.69 Å². The van der Waals surface area contributed by atoms with Crippen molar-refractivity contribution in [2.75, 3.05) is 0 Å². The fraction of sp³-hybridized carbons (Fsp3) is 0.308. The number of aromatic hydroxyl groups is 1. The second-order valence-electron chi connectivity index (χ2n) is 8.71. The lowest BCUT2D eigenvalue weighted by atomic mass is 9.95. The maximum Gasteiger partial charge on any atom is 0.331 e. The fourth-order valence-corrected chi connectivity index (χ4v) is 4.15. The summed E-state index contributed by atoms with van der Waals surface area (Å²) in [7, 11) is 0. The average molecular weight is 461 g/mol. The lowest BCUT2D eigenvalue weighted by Crippen LogP contribution is -2.34. The van der Waals surface area contributed by atoms with Crippen LogP contribution >= 0.6 is 0 Å². The number of carbonyl (C=O) groups excluding carboxylic acids is 1.